The molecule has 4 aromatic carbocycles. The van der Waals surface area contributed by atoms with Gasteiger partial charge in [0.2, 0.25) is 5.13 Å². The first-order valence-corrected chi connectivity index (χ1v) is 11.3. The molecular weight excluding hydrogens is 475 g/mol. The number of anilines is 1. The molecule has 5 nitrogen and oxygen atoms in total. The smallest absolute Gasteiger partial charge is 0.416 e. The van der Waals surface area contributed by atoms with Gasteiger partial charge in [0.15, 0.2) is 0 Å². The van der Waals surface area contributed by atoms with E-state index in [4.69, 9.17) is 4.74 Å². The van der Waals surface area contributed by atoms with Crippen molar-refractivity contribution < 1.29 is 22.7 Å². The number of fused-ring (bicyclic) bond motifs is 1. The van der Waals surface area contributed by atoms with Crippen LogP contribution in [0.1, 0.15) is 15.9 Å². The van der Waals surface area contributed by atoms with Crippen LogP contribution in [0.25, 0.3) is 21.3 Å². The Morgan fingerprint density at radius 1 is 0.829 bits per heavy atom. The van der Waals surface area contributed by atoms with Gasteiger partial charge in [-0.15, -0.1) is 10.2 Å². The first-order chi connectivity index (χ1) is 16.9. The number of hydrogen-bond donors (Lipinski definition) is 1. The first kappa shape index (κ1) is 22.5. The zero-order valence-electron chi connectivity index (χ0n) is 17.9. The number of nitrogens with one attached hydrogen (secondary N) is 1. The second-order valence-corrected chi connectivity index (χ2v) is 8.53. The van der Waals surface area contributed by atoms with Crippen LogP contribution in [-0.2, 0) is 6.18 Å². The van der Waals surface area contributed by atoms with E-state index in [1.165, 1.54) is 23.5 Å². The van der Waals surface area contributed by atoms with E-state index in [0.29, 0.717) is 27.0 Å². The van der Waals surface area contributed by atoms with E-state index < -0.39 is 11.7 Å². The summed E-state index contributed by atoms with van der Waals surface area (Å²) < 4.78 is 44.5. The summed E-state index contributed by atoms with van der Waals surface area (Å²) >= 11 is 1.18. The molecule has 1 heterocycles. The third-order valence-corrected chi connectivity index (χ3v) is 6.05. The molecule has 0 aliphatic rings. The Bertz CT molecular complexity index is 1530. The van der Waals surface area contributed by atoms with Gasteiger partial charge in [-0.05, 0) is 47.2 Å². The highest BCUT2D eigenvalue weighted by Gasteiger charge is 2.30. The van der Waals surface area contributed by atoms with Crippen LogP contribution in [0.2, 0.25) is 0 Å². The molecule has 35 heavy (non-hydrogen) atoms. The predicted molar refractivity (Wildman–Crippen MR) is 129 cm³/mol. The van der Waals surface area contributed by atoms with Gasteiger partial charge in [-0.1, -0.05) is 65.9 Å². The van der Waals surface area contributed by atoms with Crippen LogP contribution in [0.15, 0.2) is 91.0 Å². The first-order valence-electron chi connectivity index (χ1n) is 10.4. The van der Waals surface area contributed by atoms with Crippen molar-refractivity contribution in [1.29, 1.82) is 0 Å². The topological polar surface area (TPSA) is 64.1 Å². The summed E-state index contributed by atoms with van der Waals surface area (Å²) in [5, 5.41) is 13.6. The number of rotatable bonds is 5. The quantitative estimate of drug-likeness (QED) is 0.278. The molecule has 0 saturated carbocycles. The standard InChI is InChI=1S/C26H16F3N3O2S/c27-26(28,29)18-9-5-11-20(15-18)34-19-10-3-8-17(14-19)24-31-32-25(35-24)30-23(33)22-13-4-7-16-6-1-2-12-21(16)22/h1-15H,(H,30,32,33). The summed E-state index contributed by atoms with van der Waals surface area (Å²) in [5.74, 6) is 0.113. The maximum Gasteiger partial charge on any atom is 0.416 e. The van der Waals surface area contributed by atoms with E-state index in [2.05, 4.69) is 15.5 Å². The summed E-state index contributed by atoms with van der Waals surface area (Å²) in [6.07, 6.45) is -4.46. The Morgan fingerprint density at radius 3 is 2.37 bits per heavy atom. The lowest BCUT2D eigenvalue weighted by molar-refractivity contribution is -0.137. The molecule has 0 saturated heterocycles. The van der Waals surface area contributed by atoms with Crippen LogP contribution in [0.5, 0.6) is 11.5 Å². The Kier molecular flexibility index (Phi) is 5.92. The number of alkyl halides is 3. The van der Waals surface area contributed by atoms with E-state index in [9.17, 15) is 18.0 Å². The fourth-order valence-corrected chi connectivity index (χ4v) is 4.28. The van der Waals surface area contributed by atoms with Gasteiger partial charge < -0.3 is 4.74 Å². The van der Waals surface area contributed by atoms with Crippen molar-refractivity contribution in [2.45, 2.75) is 6.18 Å². The van der Waals surface area contributed by atoms with Gasteiger partial charge in [0.25, 0.3) is 5.91 Å². The lowest BCUT2D eigenvalue weighted by Gasteiger charge is -2.10. The molecule has 5 aromatic rings. The maximum absolute atomic E-state index is 13.0. The minimum Gasteiger partial charge on any atom is -0.457 e. The van der Waals surface area contributed by atoms with Crippen molar-refractivity contribution in [1.82, 2.24) is 10.2 Å². The van der Waals surface area contributed by atoms with E-state index in [1.54, 1.807) is 30.3 Å². The van der Waals surface area contributed by atoms with Gasteiger partial charge in [-0.25, -0.2) is 0 Å². The van der Waals surface area contributed by atoms with Crippen LogP contribution in [0.3, 0.4) is 0 Å². The third kappa shape index (κ3) is 4.99. The molecule has 1 aromatic heterocycles. The Hall–Kier alpha value is -4.24. The highest BCUT2D eigenvalue weighted by molar-refractivity contribution is 7.18. The van der Waals surface area contributed by atoms with Gasteiger partial charge >= 0.3 is 6.18 Å². The minimum atomic E-state index is -4.46. The van der Waals surface area contributed by atoms with E-state index in [0.717, 1.165) is 22.9 Å². The maximum atomic E-state index is 13.0. The summed E-state index contributed by atoms with van der Waals surface area (Å²) in [4.78, 5) is 12.9. The molecule has 0 aliphatic carbocycles. The van der Waals surface area contributed by atoms with Crippen LogP contribution in [0, 0.1) is 0 Å². The molecule has 0 spiro atoms. The molecule has 1 amide bonds. The molecule has 0 radical (unpaired) electrons. The average Bonchev–Trinajstić information content (AvgIpc) is 3.32. The number of carbonyl (C=O) groups excluding carboxylic acids is 1. The summed E-state index contributed by atoms with van der Waals surface area (Å²) in [6.45, 7) is 0. The van der Waals surface area contributed by atoms with Crippen LogP contribution in [0.4, 0.5) is 18.3 Å². The summed E-state index contributed by atoms with van der Waals surface area (Å²) in [6, 6.07) is 24.5. The molecule has 0 bridgehead atoms. The number of ether oxygens (including phenoxy) is 1. The van der Waals surface area contributed by atoms with Crippen molar-refractivity contribution in [2.75, 3.05) is 5.32 Å². The number of halogens is 3. The largest absolute Gasteiger partial charge is 0.457 e. The highest BCUT2D eigenvalue weighted by atomic mass is 32.1. The van der Waals surface area contributed by atoms with E-state index in [1.807, 2.05) is 36.4 Å². The SMILES string of the molecule is O=C(Nc1nnc(-c2cccc(Oc3cccc(C(F)(F)F)c3)c2)s1)c1cccc2ccccc12. The van der Waals surface area contributed by atoms with Crippen molar-refractivity contribution in [3.63, 3.8) is 0 Å². The second kappa shape index (κ2) is 9.19. The van der Waals surface area contributed by atoms with Gasteiger partial charge in [0.05, 0.1) is 5.56 Å². The molecular formula is C26H16F3N3O2S. The summed E-state index contributed by atoms with van der Waals surface area (Å²) in [7, 11) is 0. The molecule has 9 heteroatoms. The molecule has 0 aliphatic heterocycles. The minimum absolute atomic E-state index is 0.0669. The number of amides is 1. The average molecular weight is 491 g/mol. The number of benzene rings is 4. The van der Waals surface area contributed by atoms with Gasteiger partial charge in [-0.3, -0.25) is 10.1 Å². The van der Waals surface area contributed by atoms with Crippen LogP contribution in [-0.4, -0.2) is 16.1 Å². The molecule has 0 atom stereocenters. The van der Waals surface area contributed by atoms with Crippen LogP contribution >= 0.6 is 11.3 Å². The van der Waals surface area contributed by atoms with Crippen molar-refractivity contribution >= 4 is 33.1 Å². The molecule has 1 N–H and O–H groups in total. The monoisotopic (exact) mass is 491 g/mol. The lowest BCUT2D eigenvalue weighted by Crippen LogP contribution is -2.12. The fourth-order valence-electron chi connectivity index (χ4n) is 3.54. The van der Waals surface area contributed by atoms with Gasteiger partial charge in [0, 0.05) is 11.1 Å². The number of aromatic nitrogens is 2. The zero-order valence-corrected chi connectivity index (χ0v) is 18.7. The number of nitrogens with zero attached hydrogens (tertiary/aromatic N) is 2. The third-order valence-electron chi connectivity index (χ3n) is 5.16. The normalized spacial score (nSPS) is 11.4. The molecule has 174 valence electrons. The van der Waals surface area contributed by atoms with Crippen molar-refractivity contribution in [3.05, 3.63) is 102 Å². The fraction of sp³-hybridized carbons (Fsp3) is 0.0385. The Balaban J connectivity index is 1.34. The number of hydrogen-bond acceptors (Lipinski definition) is 5. The Morgan fingerprint density at radius 2 is 1.54 bits per heavy atom. The van der Waals surface area contributed by atoms with Crippen molar-refractivity contribution in [3.8, 4) is 22.1 Å². The predicted octanol–water partition coefficient (Wildman–Crippen LogP) is 7.42. The molecule has 0 fully saturated rings. The van der Waals surface area contributed by atoms with Crippen molar-refractivity contribution in [2.24, 2.45) is 0 Å². The molecule has 0 unspecified atom stereocenters. The van der Waals surface area contributed by atoms with E-state index >= 15 is 0 Å². The summed E-state index contributed by atoms with van der Waals surface area (Å²) in [5.41, 5.74) is 0.385. The van der Waals surface area contributed by atoms with E-state index in [-0.39, 0.29) is 11.7 Å². The number of carbonyl (C=O) groups is 1. The molecule has 5 rings (SSSR count). The lowest BCUT2D eigenvalue weighted by atomic mass is 10.0. The second-order valence-electron chi connectivity index (χ2n) is 7.55. The van der Waals surface area contributed by atoms with Gasteiger partial charge in [-0.2, -0.15) is 13.2 Å². The highest BCUT2D eigenvalue weighted by Crippen LogP contribution is 2.34. The zero-order chi connectivity index (χ0) is 24.4. The van der Waals surface area contributed by atoms with Gasteiger partial charge in [0.1, 0.15) is 16.5 Å². The Labute approximate surface area is 201 Å². The van der Waals surface area contributed by atoms with Crippen LogP contribution < -0.4 is 10.1 Å².